The minimum Gasteiger partial charge on any atom is -0.347 e. The molecule has 1 aromatic heterocycles. The van der Waals surface area contributed by atoms with E-state index in [9.17, 15) is 4.79 Å². The van der Waals surface area contributed by atoms with Gasteiger partial charge in [0.15, 0.2) is 0 Å². The fourth-order valence-electron chi connectivity index (χ4n) is 3.25. The van der Waals surface area contributed by atoms with Gasteiger partial charge in [-0.05, 0) is 17.5 Å². The van der Waals surface area contributed by atoms with Crippen molar-refractivity contribution >= 4 is 5.91 Å². The Bertz CT molecular complexity index is 678. The van der Waals surface area contributed by atoms with Crippen molar-refractivity contribution in [3.05, 3.63) is 53.1 Å². The second-order valence-corrected chi connectivity index (χ2v) is 5.74. The summed E-state index contributed by atoms with van der Waals surface area (Å²) in [5.74, 6) is 0.199. The number of carbonyl (C=O) groups is 1. The van der Waals surface area contributed by atoms with Crippen molar-refractivity contribution in [2.75, 3.05) is 6.54 Å². The highest BCUT2D eigenvalue weighted by Crippen LogP contribution is 2.20. The zero-order valence-electron chi connectivity index (χ0n) is 11.8. The van der Waals surface area contributed by atoms with Crippen LogP contribution >= 0.6 is 0 Å². The molecule has 2 aliphatic rings. The summed E-state index contributed by atoms with van der Waals surface area (Å²) in [4.78, 5) is 22.1. The van der Waals surface area contributed by atoms with Crippen LogP contribution in [-0.4, -0.2) is 33.4 Å². The van der Waals surface area contributed by atoms with Crippen LogP contribution in [0.2, 0.25) is 0 Å². The van der Waals surface area contributed by atoms with Gasteiger partial charge >= 0.3 is 0 Å². The van der Waals surface area contributed by atoms with Crippen molar-refractivity contribution in [1.82, 2.24) is 20.2 Å². The van der Waals surface area contributed by atoms with Gasteiger partial charge in [0.25, 0.3) is 0 Å². The number of rotatable bonds is 1. The van der Waals surface area contributed by atoms with Crippen molar-refractivity contribution < 1.29 is 4.79 Å². The van der Waals surface area contributed by atoms with Gasteiger partial charge in [0.05, 0.1) is 30.3 Å². The normalized spacial score (nSPS) is 20.8. The third-order valence-electron chi connectivity index (χ3n) is 4.47. The van der Waals surface area contributed by atoms with Crippen LogP contribution in [0.15, 0.2) is 30.6 Å². The van der Waals surface area contributed by atoms with Crippen LogP contribution in [0.4, 0.5) is 0 Å². The summed E-state index contributed by atoms with van der Waals surface area (Å²) in [6.45, 7) is 2.18. The Labute approximate surface area is 123 Å². The maximum absolute atomic E-state index is 12.7. The summed E-state index contributed by atoms with van der Waals surface area (Å²) in [7, 11) is 0. The Balaban J connectivity index is 1.49. The van der Waals surface area contributed by atoms with Crippen LogP contribution in [0.1, 0.15) is 22.5 Å². The molecule has 0 bridgehead atoms. The Morgan fingerprint density at radius 2 is 2.14 bits per heavy atom. The van der Waals surface area contributed by atoms with Gasteiger partial charge in [0.2, 0.25) is 5.91 Å². The standard InChI is InChI=1S/C16H18N4O/c21-16(20-6-5-13-15(9-20)19-10-18-13)14-7-11-3-1-2-4-12(11)8-17-14/h1-4,10,14,17H,5-9H2,(H,18,19). The molecular weight excluding hydrogens is 264 g/mol. The quantitative estimate of drug-likeness (QED) is 0.820. The fraction of sp³-hybridized carbons (Fsp3) is 0.375. The first-order chi connectivity index (χ1) is 10.3. The van der Waals surface area contributed by atoms with E-state index in [-0.39, 0.29) is 11.9 Å². The first kappa shape index (κ1) is 12.6. The molecule has 5 nitrogen and oxygen atoms in total. The predicted molar refractivity (Wildman–Crippen MR) is 78.5 cm³/mol. The molecule has 108 valence electrons. The number of nitrogens with zero attached hydrogens (tertiary/aromatic N) is 2. The van der Waals surface area contributed by atoms with Crippen LogP contribution in [0.3, 0.4) is 0 Å². The summed E-state index contributed by atoms with van der Waals surface area (Å²) in [5, 5.41) is 3.37. The Hall–Kier alpha value is -2.14. The number of carbonyl (C=O) groups excluding carboxylic acids is 1. The van der Waals surface area contributed by atoms with Gasteiger partial charge in [-0.1, -0.05) is 24.3 Å². The van der Waals surface area contributed by atoms with Gasteiger partial charge < -0.3 is 15.2 Å². The zero-order chi connectivity index (χ0) is 14.2. The number of benzene rings is 1. The molecule has 0 saturated heterocycles. The van der Waals surface area contributed by atoms with Gasteiger partial charge in [-0.3, -0.25) is 4.79 Å². The van der Waals surface area contributed by atoms with Crippen molar-refractivity contribution in [2.24, 2.45) is 0 Å². The second kappa shape index (κ2) is 5.00. The molecule has 1 amide bonds. The summed E-state index contributed by atoms with van der Waals surface area (Å²) in [5.41, 5.74) is 4.76. The number of hydrogen-bond donors (Lipinski definition) is 2. The molecule has 0 aliphatic carbocycles. The van der Waals surface area contributed by atoms with Crippen molar-refractivity contribution in [3.63, 3.8) is 0 Å². The number of imidazole rings is 1. The molecule has 0 fully saturated rings. The lowest BCUT2D eigenvalue weighted by Gasteiger charge is -2.32. The minimum absolute atomic E-state index is 0.107. The summed E-state index contributed by atoms with van der Waals surface area (Å²) < 4.78 is 0. The van der Waals surface area contributed by atoms with Gasteiger partial charge in [0.1, 0.15) is 0 Å². The number of hydrogen-bond acceptors (Lipinski definition) is 3. The molecule has 4 rings (SSSR count). The first-order valence-electron chi connectivity index (χ1n) is 7.41. The van der Waals surface area contributed by atoms with Crippen molar-refractivity contribution in [2.45, 2.75) is 32.0 Å². The molecular formula is C16H18N4O. The first-order valence-corrected chi connectivity index (χ1v) is 7.41. The Morgan fingerprint density at radius 3 is 3.05 bits per heavy atom. The number of amides is 1. The second-order valence-electron chi connectivity index (χ2n) is 5.74. The molecule has 2 aromatic rings. The maximum atomic E-state index is 12.7. The highest BCUT2D eigenvalue weighted by atomic mass is 16.2. The third kappa shape index (κ3) is 2.23. The van der Waals surface area contributed by atoms with E-state index in [4.69, 9.17) is 0 Å². The van der Waals surface area contributed by atoms with E-state index in [0.29, 0.717) is 6.54 Å². The lowest BCUT2D eigenvalue weighted by atomic mass is 9.95. The average Bonchev–Trinajstić information content (AvgIpc) is 3.01. The molecule has 1 aromatic carbocycles. The predicted octanol–water partition coefficient (Wildman–Crippen LogP) is 1.01. The molecule has 0 saturated carbocycles. The number of aromatic amines is 1. The fourth-order valence-corrected chi connectivity index (χ4v) is 3.25. The van der Waals surface area contributed by atoms with Crippen LogP contribution in [0, 0.1) is 0 Å². The molecule has 2 aliphatic heterocycles. The van der Waals surface area contributed by atoms with E-state index in [1.54, 1.807) is 6.33 Å². The number of fused-ring (bicyclic) bond motifs is 2. The van der Waals surface area contributed by atoms with E-state index in [1.165, 1.54) is 11.1 Å². The number of nitrogens with one attached hydrogen (secondary N) is 2. The lowest BCUT2D eigenvalue weighted by Crippen LogP contribution is -2.50. The average molecular weight is 282 g/mol. The van der Waals surface area contributed by atoms with Crippen LogP contribution < -0.4 is 5.32 Å². The zero-order valence-corrected chi connectivity index (χ0v) is 11.8. The topological polar surface area (TPSA) is 61.0 Å². The van der Waals surface area contributed by atoms with E-state index < -0.39 is 0 Å². The minimum atomic E-state index is -0.107. The maximum Gasteiger partial charge on any atom is 0.240 e. The van der Waals surface area contributed by atoms with E-state index in [2.05, 4.69) is 27.4 Å². The molecule has 21 heavy (non-hydrogen) atoms. The molecule has 0 spiro atoms. The summed E-state index contributed by atoms with van der Waals surface area (Å²) in [6, 6.07) is 8.24. The van der Waals surface area contributed by atoms with Gasteiger partial charge in [-0.25, -0.2) is 4.98 Å². The highest BCUT2D eigenvalue weighted by molar-refractivity contribution is 5.82. The molecule has 1 unspecified atom stereocenters. The monoisotopic (exact) mass is 282 g/mol. The van der Waals surface area contributed by atoms with Crippen molar-refractivity contribution in [3.8, 4) is 0 Å². The Morgan fingerprint density at radius 1 is 1.29 bits per heavy atom. The molecule has 3 heterocycles. The molecule has 5 heteroatoms. The van der Waals surface area contributed by atoms with Gasteiger partial charge in [0, 0.05) is 19.5 Å². The van der Waals surface area contributed by atoms with Crippen LogP contribution in [0.5, 0.6) is 0 Å². The molecule has 2 N–H and O–H groups in total. The Kier molecular flexibility index (Phi) is 3.00. The summed E-state index contributed by atoms with van der Waals surface area (Å²) in [6.07, 6.45) is 3.34. The van der Waals surface area contributed by atoms with Gasteiger partial charge in [-0.15, -0.1) is 0 Å². The van der Waals surface area contributed by atoms with E-state index in [0.717, 1.165) is 37.3 Å². The number of aromatic nitrogens is 2. The molecule has 0 radical (unpaired) electrons. The largest absolute Gasteiger partial charge is 0.347 e. The van der Waals surface area contributed by atoms with Crippen LogP contribution in [0.25, 0.3) is 0 Å². The lowest BCUT2D eigenvalue weighted by molar-refractivity contribution is -0.134. The van der Waals surface area contributed by atoms with Gasteiger partial charge in [-0.2, -0.15) is 0 Å². The highest BCUT2D eigenvalue weighted by Gasteiger charge is 2.30. The van der Waals surface area contributed by atoms with E-state index >= 15 is 0 Å². The molecule has 1 atom stereocenters. The van der Waals surface area contributed by atoms with E-state index in [1.807, 2.05) is 17.0 Å². The SMILES string of the molecule is O=C(C1Cc2ccccc2CN1)N1CCc2nc[nH]c2C1. The van der Waals surface area contributed by atoms with Crippen molar-refractivity contribution in [1.29, 1.82) is 0 Å². The number of H-pyrrole nitrogens is 1. The summed E-state index contributed by atoms with van der Waals surface area (Å²) >= 11 is 0. The smallest absolute Gasteiger partial charge is 0.240 e. The van der Waals surface area contributed by atoms with Crippen LogP contribution in [-0.2, 0) is 30.7 Å². The third-order valence-corrected chi connectivity index (χ3v) is 4.47.